The molecule has 1 aliphatic carbocycles. The van der Waals surface area contributed by atoms with Crippen molar-refractivity contribution in [2.75, 3.05) is 7.05 Å². The van der Waals surface area contributed by atoms with Gasteiger partial charge in [-0.25, -0.2) is 4.98 Å². The molecule has 0 amide bonds. The summed E-state index contributed by atoms with van der Waals surface area (Å²) in [4.78, 5) is 24.1. The van der Waals surface area contributed by atoms with Gasteiger partial charge in [0.25, 0.3) is 5.95 Å². The van der Waals surface area contributed by atoms with Gasteiger partial charge in [0, 0.05) is 22.8 Å². The van der Waals surface area contributed by atoms with Crippen molar-refractivity contribution in [3.63, 3.8) is 0 Å². The van der Waals surface area contributed by atoms with Gasteiger partial charge in [-0.15, -0.1) is 4.91 Å². The van der Waals surface area contributed by atoms with Crippen LogP contribution in [0.2, 0.25) is 5.02 Å². The maximum Gasteiger partial charge on any atom is 0.295 e. The summed E-state index contributed by atoms with van der Waals surface area (Å²) in [5.41, 5.74) is 2.37. The van der Waals surface area contributed by atoms with Crippen LogP contribution in [0.4, 0.5) is 5.95 Å². The van der Waals surface area contributed by atoms with Crippen LogP contribution in [0.25, 0.3) is 22.8 Å². The molecule has 3 aromatic rings. The van der Waals surface area contributed by atoms with Crippen LogP contribution in [-0.2, 0) is 6.54 Å². The molecule has 0 radical (unpaired) electrons. The molecule has 1 aliphatic rings. The SMILES string of the molecule is CNCc1ccc(Cl)c(-c2nc(N=O)nc(-c3ccc(OC(C)C4CC4)cc3)n2)c1. The summed E-state index contributed by atoms with van der Waals surface area (Å²) >= 11 is 6.38. The Hall–Kier alpha value is -2.90. The molecule has 0 bridgehead atoms. The highest BCUT2D eigenvalue weighted by atomic mass is 35.5. The molecule has 154 valence electrons. The second-order valence-electron chi connectivity index (χ2n) is 7.40. The van der Waals surface area contributed by atoms with Crippen LogP contribution in [0.5, 0.6) is 5.75 Å². The Labute approximate surface area is 179 Å². The van der Waals surface area contributed by atoms with Crippen molar-refractivity contribution in [2.45, 2.75) is 32.4 Å². The van der Waals surface area contributed by atoms with E-state index in [1.165, 1.54) is 12.8 Å². The lowest BCUT2D eigenvalue weighted by atomic mass is 10.1. The maximum atomic E-state index is 11.2. The second-order valence-corrected chi connectivity index (χ2v) is 7.81. The summed E-state index contributed by atoms with van der Waals surface area (Å²) in [6, 6.07) is 13.1. The molecule has 4 rings (SSSR count). The summed E-state index contributed by atoms with van der Waals surface area (Å²) < 4.78 is 5.97. The number of nitroso groups, excluding NO2 is 1. The number of ether oxygens (including phenoxy) is 1. The third-order valence-electron chi connectivity index (χ3n) is 5.08. The van der Waals surface area contributed by atoms with E-state index in [9.17, 15) is 4.91 Å². The van der Waals surface area contributed by atoms with E-state index in [0.29, 0.717) is 34.7 Å². The number of hydrogen-bond donors (Lipinski definition) is 1. The molecule has 1 heterocycles. The molecule has 1 N–H and O–H groups in total. The zero-order chi connectivity index (χ0) is 21.1. The van der Waals surface area contributed by atoms with E-state index in [0.717, 1.165) is 16.9 Å². The summed E-state index contributed by atoms with van der Waals surface area (Å²) in [6.07, 6.45) is 2.66. The standard InChI is InChI=1S/C22H22ClN5O2/c1-13(15-4-5-15)30-17-8-6-16(7-9-17)20-25-21(27-22(26-20)28-29)18-11-14(12-24-2)3-10-19(18)23/h3,6-11,13,15,24H,4-5,12H2,1-2H3. The van der Waals surface area contributed by atoms with E-state index in [-0.39, 0.29) is 12.1 Å². The fourth-order valence-corrected chi connectivity index (χ4v) is 3.47. The predicted molar refractivity (Wildman–Crippen MR) is 117 cm³/mol. The van der Waals surface area contributed by atoms with E-state index in [1.54, 1.807) is 6.07 Å². The summed E-state index contributed by atoms with van der Waals surface area (Å²) in [6.45, 7) is 2.76. The first-order chi connectivity index (χ1) is 14.6. The molecule has 0 aliphatic heterocycles. The number of rotatable bonds is 8. The molecule has 1 fully saturated rings. The van der Waals surface area contributed by atoms with Crippen LogP contribution in [0, 0.1) is 10.8 Å². The van der Waals surface area contributed by atoms with E-state index in [4.69, 9.17) is 16.3 Å². The Balaban J connectivity index is 1.66. The zero-order valence-corrected chi connectivity index (χ0v) is 17.6. The van der Waals surface area contributed by atoms with Gasteiger partial charge in [0.15, 0.2) is 11.6 Å². The molecule has 1 unspecified atom stereocenters. The molecule has 7 nitrogen and oxygen atoms in total. The number of benzene rings is 2. The van der Waals surface area contributed by atoms with Gasteiger partial charge in [0.1, 0.15) is 5.75 Å². The van der Waals surface area contributed by atoms with Crippen LogP contribution in [0.1, 0.15) is 25.3 Å². The van der Waals surface area contributed by atoms with Gasteiger partial charge in [-0.3, -0.25) is 0 Å². The minimum absolute atomic E-state index is 0.187. The lowest BCUT2D eigenvalue weighted by Gasteiger charge is -2.14. The molecule has 8 heteroatoms. The van der Waals surface area contributed by atoms with Crippen molar-refractivity contribution < 1.29 is 4.74 Å². The van der Waals surface area contributed by atoms with Gasteiger partial charge in [0.05, 0.1) is 11.1 Å². The number of nitrogens with one attached hydrogen (secondary N) is 1. The van der Waals surface area contributed by atoms with E-state index < -0.39 is 0 Å². The maximum absolute atomic E-state index is 11.2. The first-order valence-corrected chi connectivity index (χ1v) is 10.2. The molecule has 2 aromatic carbocycles. The van der Waals surface area contributed by atoms with Gasteiger partial charge in [-0.2, -0.15) is 9.97 Å². The predicted octanol–water partition coefficient (Wildman–Crippen LogP) is 5.15. The van der Waals surface area contributed by atoms with Crippen LogP contribution in [-0.4, -0.2) is 28.1 Å². The minimum atomic E-state index is -0.187. The first kappa shape index (κ1) is 20.4. The fourth-order valence-electron chi connectivity index (χ4n) is 3.27. The van der Waals surface area contributed by atoms with Crippen LogP contribution >= 0.6 is 11.6 Å². The third kappa shape index (κ3) is 4.63. The van der Waals surface area contributed by atoms with Crippen molar-refractivity contribution in [1.29, 1.82) is 0 Å². The summed E-state index contributed by atoms with van der Waals surface area (Å²) in [7, 11) is 1.86. The van der Waals surface area contributed by atoms with Gasteiger partial charge in [0.2, 0.25) is 0 Å². The van der Waals surface area contributed by atoms with Crippen molar-refractivity contribution >= 4 is 17.5 Å². The molecular weight excluding hydrogens is 402 g/mol. The zero-order valence-electron chi connectivity index (χ0n) is 16.8. The average Bonchev–Trinajstić information content (AvgIpc) is 3.61. The Kier molecular flexibility index (Phi) is 6.01. The van der Waals surface area contributed by atoms with Crippen LogP contribution in [0.15, 0.2) is 47.6 Å². The number of hydrogen-bond acceptors (Lipinski definition) is 7. The highest BCUT2D eigenvalue weighted by Gasteiger charge is 2.29. The highest BCUT2D eigenvalue weighted by Crippen LogP contribution is 2.35. The Morgan fingerprint density at radius 1 is 1.13 bits per heavy atom. The smallest absolute Gasteiger partial charge is 0.295 e. The highest BCUT2D eigenvalue weighted by molar-refractivity contribution is 6.33. The average molecular weight is 424 g/mol. The van der Waals surface area contributed by atoms with Gasteiger partial charge in [-0.1, -0.05) is 17.7 Å². The van der Waals surface area contributed by atoms with Gasteiger partial charge < -0.3 is 10.1 Å². The van der Waals surface area contributed by atoms with E-state index in [1.807, 2.05) is 43.4 Å². The van der Waals surface area contributed by atoms with Crippen LogP contribution in [0.3, 0.4) is 0 Å². The molecule has 0 spiro atoms. The van der Waals surface area contributed by atoms with Crippen LogP contribution < -0.4 is 10.1 Å². The lowest BCUT2D eigenvalue weighted by Crippen LogP contribution is -2.13. The second kappa shape index (κ2) is 8.85. The van der Waals surface area contributed by atoms with Gasteiger partial charge in [-0.05, 0) is 74.7 Å². The van der Waals surface area contributed by atoms with E-state index in [2.05, 4.69) is 32.4 Å². The number of halogens is 1. The quantitative estimate of drug-likeness (QED) is 0.503. The molecular formula is C22H22ClN5O2. The van der Waals surface area contributed by atoms with E-state index >= 15 is 0 Å². The monoisotopic (exact) mass is 423 g/mol. The first-order valence-electron chi connectivity index (χ1n) is 9.87. The Bertz CT molecular complexity index is 1050. The summed E-state index contributed by atoms with van der Waals surface area (Å²) in [5, 5.41) is 6.50. The largest absolute Gasteiger partial charge is 0.490 e. The lowest BCUT2D eigenvalue weighted by molar-refractivity contribution is 0.198. The topological polar surface area (TPSA) is 89.4 Å². The fraction of sp³-hybridized carbons (Fsp3) is 0.318. The third-order valence-corrected chi connectivity index (χ3v) is 5.41. The van der Waals surface area contributed by atoms with Crippen molar-refractivity contribution in [3.05, 3.63) is 58.0 Å². The molecule has 1 saturated carbocycles. The normalized spacial score (nSPS) is 14.4. The van der Waals surface area contributed by atoms with Crippen molar-refractivity contribution in [1.82, 2.24) is 20.3 Å². The van der Waals surface area contributed by atoms with Crippen molar-refractivity contribution in [2.24, 2.45) is 11.1 Å². The Morgan fingerprint density at radius 3 is 2.53 bits per heavy atom. The molecule has 30 heavy (non-hydrogen) atoms. The van der Waals surface area contributed by atoms with Gasteiger partial charge >= 0.3 is 0 Å². The molecule has 0 saturated heterocycles. The molecule has 1 aromatic heterocycles. The Morgan fingerprint density at radius 2 is 1.87 bits per heavy atom. The number of nitrogens with zero attached hydrogens (tertiary/aromatic N) is 4. The summed E-state index contributed by atoms with van der Waals surface area (Å²) in [5.74, 6) is 1.92. The van der Waals surface area contributed by atoms with Crippen molar-refractivity contribution in [3.8, 4) is 28.5 Å². The molecule has 1 atom stereocenters. The number of aromatic nitrogens is 3. The minimum Gasteiger partial charge on any atom is -0.490 e.